The minimum Gasteiger partial charge on any atom is -0.295 e. The Morgan fingerprint density at radius 3 is 2.00 bits per heavy atom. The van der Waals surface area contributed by atoms with Gasteiger partial charge in [0.05, 0.1) is 5.69 Å². The summed E-state index contributed by atoms with van der Waals surface area (Å²) in [5.41, 5.74) is 0.863. The largest absolute Gasteiger partial charge is 0.375 e. The smallest absolute Gasteiger partial charge is 0.295 e. The number of carbonyl (C=O) groups excluding carboxylic acids is 3. The summed E-state index contributed by atoms with van der Waals surface area (Å²) in [6.45, 7) is 1.44. The molecule has 1 aromatic carbocycles. The number of benzene rings is 1. The normalized spacial score (nSPS) is 14.7. The van der Waals surface area contributed by atoms with Crippen LogP contribution >= 0.6 is 0 Å². The zero-order chi connectivity index (χ0) is 11.7. The molecule has 1 aliphatic rings. The molecule has 0 atom stereocenters. The average Bonchev–Trinajstić information content (AvgIpc) is 2.59. The molecule has 0 aromatic heterocycles. The fourth-order valence-corrected chi connectivity index (χ4v) is 1.32. The molecule has 1 aliphatic heterocycles. The molecule has 6 nitrogen and oxygen atoms in total. The summed E-state index contributed by atoms with van der Waals surface area (Å²) in [5, 5.41) is 6.26. The molecular formula is C10H7N3O3. The van der Waals surface area contributed by atoms with Crippen molar-refractivity contribution < 1.29 is 14.4 Å². The van der Waals surface area contributed by atoms with Gasteiger partial charge in [-0.3, -0.25) is 4.79 Å². The van der Waals surface area contributed by atoms with Crippen molar-refractivity contribution in [2.45, 2.75) is 6.92 Å². The van der Waals surface area contributed by atoms with Gasteiger partial charge in [-0.15, -0.1) is 0 Å². The molecule has 0 saturated heterocycles. The Balaban J connectivity index is 2.32. The molecule has 0 unspecified atom stereocenters. The molecule has 0 fully saturated rings. The number of rotatable bonds is 2. The Kier molecular flexibility index (Phi) is 2.32. The lowest BCUT2D eigenvalue weighted by Crippen LogP contribution is -2.27. The van der Waals surface area contributed by atoms with Gasteiger partial charge in [0.15, 0.2) is 5.78 Å². The van der Waals surface area contributed by atoms with Crippen molar-refractivity contribution in [2.24, 2.45) is 10.2 Å². The monoisotopic (exact) mass is 217 g/mol. The maximum Gasteiger partial charge on any atom is 0.375 e. The number of hydrogen-bond acceptors (Lipinski definition) is 3. The number of carbonyl (C=O) groups is 3. The number of Topliss-reactive ketones (excluding diaryl/α,β-unsaturated/α-hetero) is 1. The highest BCUT2D eigenvalue weighted by Gasteiger charge is 2.28. The second-order valence-electron chi connectivity index (χ2n) is 3.20. The van der Waals surface area contributed by atoms with Crippen LogP contribution < -0.4 is 4.90 Å². The number of urea groups is 2. The van der Waals surface area contributed by atoms with Crippen LogP contribution in [0.25, 0.3) is 0 Å². The number of hydrogen-bond donors (Lipinski definition) is 0. The van der Waals surface area contributed by atoms with Crippen LogP contribution in [0.2, 0.25) is 0 Å². The first-order chi connectivity index (χ1) is 7.59. The third-order valence-electron chi connectivity index (χ3n) is 2.14. The van der Waals surface area contributed by atoms with Crippen LogP contribution in [-0.4, -0.2) is 17.8 Å². The molecule has 0 bridgehead atoms. The van der Waals surface area contributed by atoms with Crippen LogP contribution in [0.3, 0.4) is 0 Å². The number of nitrogens with zero attached hydrogens (tertiary/aromatic N) is 3. The molecule has 2 rings (SSSR count). The van der Waals surface area contributed by atoms with Gasteiger partial charge in [-0.05, 0) is 31.2 Å². The molecule has 0 spiro atoms. The van der Waals surface area contributed by atoms with Gasteiger partial charge >= 0.3 is 12.1 Å². The molecule has 0 N–H and O–H groups in total. The SMILES string of the molecule is CC(=O)c1ccc(N2C(=O)N=NC2=O)cc1. The second-order valence-corrected chi connectivity index (χ2v) is 3.20. The Morgan fingerprint density at radius 1 is 1.06 bits per heavy atom. The van der Waals surface area contributed by atoms with E-state index in [-0.39, 0.29) is 5.78 Å². The summed E-state index contributed by atoms with van der Waals surface area (Å²) >= 11 is 0. The van der Waals surface area contributed by atoms with Gasteiger partial charge in [-0.1, -0.05) is 10.2 Å². The van der Waals surface area contributed by atoms with E-state index in [2.05, 4.69) is 10.2 Å². The van der Waals surface area contributed by atoms with Crippen LogP contribution in [0.4, 0.5) is 15.3 Å². The summed E-state index contributed by atoms with van der Waals surface area (Å²) in [7, 11) is 0. The number of ketones is 1. The van der Waals surface area contributed by atoms with E-state index >= 15 is 0 Å². The van der Waals surface area contributed by atoms with Gasteiger partial charge < -0.3 is 0 Å². The van der Waals surface area contributed by atoms with E-state index in [1.54, 1.807) is 0 Å². The Bertz CT molecular complexity index is 487. The molecule has 1 aromatic rings. The third kappa shape index (κ3) is 1.60. The Hall–Kier alpha value is -2.37. The lowest BCUT2D eigenvalue weighted by molar-refractivity contribution is 0.101. The van der Waals surface area contributed by atoms with Gasteiger partial charge in [-0.25, -0.2) is 14.5 Å². The number of azo groups is 1. The quantitative estimate of drug-likeness (QED) is 0.713. The standard InChI is InChI=1S/C10H7N3O3/c1-6(14)7-2-4-8(5-3-7)13-9(15)11-12-10(13)16/h2-5H,1H3. The zero-order valence-corrected chi connectivity index (χ0v) is 8.38. The first-order valence-electron chi connectivity index (χ1n) is 4.50. The molecule has 0 aliphatic carbocycles. The minimum atomic E-state index is -0.722. The van der Waals surface area contributed by atoms with Crippen LogP contribution in [0.15, 0.2) is 34.5 Å². The first-order valence-corrected chi connectivity index (χ1v) is 4.50. The number of imide groups is 1. The van der Waals surface area contributed by atoms with E-state index in [1.165, 1.54) is 31.2 Å². The highest BCUT2D eigenvalue weighted by molar-refractivity contribution is 6.17. The van der Waals surface area contributed by atoms with Crippen molar-refractivity contribution in [3.63, 3.8) is 0 Å². The van der Waals surface area contributed by atoms with E-state index in [9.17, 15) is 14.4 Å². The molecular weight excluding hydrogens is 210 g/mol. The predicted molar refractivity (Wildman–Crippen MR) is 54.6 cm³/mol. The molecule has 16 heavy (non-hydrogen) atoms. The van der Waals surface area contributed by atoms with Gasteiger partial charge in [0, 0.05) is 5.56 Å². The van der Waals surface area contributed by atoms with Crippen LogP contribution in [0, 0.1) is 0 Å². The molecule has 4 amide bonds. The Labute approximate surface area is 90.6 Å². The van der Waals surface area contributed by atoms with E-state index in [0.717, 1.165) is 4.90 Å². The maximum atomic E-state index is 11.2. The van der Waals surface area contributed by atoms with Crippen LogP contribution in [-0.2, 0) is 0 Å². The number of amides is 4. The molecule has 80 valence electrons. The molecule has 1 heterocycles. The summed E-state index contributed by atoms with van der Waals surface area (Å²) in [5.74, 6) is -0.0833. The summed E-state index contributed by atoms with van der Waals surface area (Å²) in [4.78, 5) is 34.2. The first kappa shape index (κ1) is 10.2. The highest BCUT2D eigenvalue weighted by Crippen LogP contribution is 2.20. The highest BCUT2D eigenvalue weighted by atomic mass is 16.2. The summed E-state index contributed by atoms with van der Waals surface area (Å²) < 4.78 is 0. The van der Waals surface area contributed by atoms with E-state index in [4.69, 9.17) is 0 Å². The minimum absolute atomic E-state index is 0.0833. The van der Waals surface area contributed by atoms with Crippen molar-refractivity contribution in [3.05, 3.63) is 29.8 Å². The van der Waals surface area contributed by atoms with Gasteiger partial charge in [0.2, 0.25) is 0 Å². The molecule has 6 heteroatoms. The summed E-state index contributed by atoms with van der Waals surface area (Å²) in [6, 6.07) is 4.64. The lowest BCUT2D eigenvalue weighted by atomic mass is 10.1. The van der Waals surface area contributed by atoms with E-state index in [0.29, 0.717) is 11.3 Å². The third-order valence-corrected chi connectivity index (χ3v) is 2.14. The zero-order valence-electron chi connectivity index (χ0n) is 8.38. The predicted octanol–water partition coefficient (Wildman–Crippen LogP) is 2.40. The van der Waals surface area contributed by atoms with Crippen molar-refractivity contribution in [1.29, 1.82) is 0 Å². The van der Waals surface area contributed by atoms with Crippen molar-refractivity contribution in [1.82, 2.24) is 0 Å². The van der Waals surface area contributed by atoms with Crippen LogP contribution in [0.1, 0.15) is 17.3 Å². The second kappa shape index (κ2) is 3.65. The van der Waals surface area contributed by atoms with Gasteiger partial charge in [-0.2, -0.15) is 0 Å². The molecule has 0 saturated carbocycles. The van der Waals surface area contributed by atoms with Crippen molar-refractivity contribution in [3.8, 4) is 0 Å². The fourth-order valence-electron chi connectivity index (χ4n) is 1.32. The fraction of sp³-hybridized carbons (Fsp3) is 0.100. The van der Waals surface area contributed by atoms with E-state index in [1.807, 2.05) is 0 Å². The lowest BCUT2D eigenvalue weighted by Gasteiger charge is -2.10. The topological polar surface area (TPSA) is 79.2 Å². The van der Waals surface area contributed by atoms with Gasteiger partial charge in [0.25, 0.3) is 0 Å². The van der Waals surface area contributed by atoms with Crippen molar-refractivity contribution >= 4 is 23.5 Å². The van der Waals surface area contributed by atoms with E-state index < -0.39 is 12.1 Å². The van der Waals surface area contributed by atoms with Crippen LogP contribution in [0.5, 0.6) is 0 Å². The number of anilines is 1. The van der Waals surface area contributed by atoms with Crippen molar-refractivity contribution in [2.75, 3.05) is 4.90 Å². The average molecular weight is 217 g/mol. The summed E-state index contributed by atoms with van der Waals surface area (Å²) in [6.07, 6.45) is 0. The van der Waals surface area contributed by atoms with Gasteiger partial charge in [0.1, 0.15) is 0 Å². The maximum absolute atomic E-state index is 11.2. The Morgan fingerprint density at radius 2 is 1.56 bits per heavy atom. The molecule has 0 radical (unpaired) electrons.